The monoisotopic (exact) mass is 338 g/mol. The van der Waals surface area contributed by atoms with Gasteiger partial charge in [-0.1, -0.05) is 0 Å². The van der Waals surface area contributed by atoms with E-state index < -0.39 is 0 Å². The molecule has 4 nitrogen and oxygen atoms in total. The van der Waals surface area contributed by atoms with Crippen molar-refractivity contribution in [1.82, 2.24) is 9.97 Å². The lowest BCUT2D eigenvalue weighted by molar-refractivity contribution is 0.645. The molecule has 0 bridgehead atoms. The third-order valence-corrected chi connectivity index (χ3v) is 5.15. The van der Waals surface area contributed by atoms with Crippen LogP contribution >= 0.6 is 27.3 Å². The molecule has 1 fully saturated rings. The van der Waals surface area contributed by atoms with Crippen LogP contribution in [0.1, 0.15) is 5.56 Å². The fourth-order valence-electron chi connectivity index (χ4n) is 2.23. The summed E-state index contributed by atoms with van der Waals surface area (Å²) in [6.07, 6.45) is 3.74. The highest BCUT2D eigenvalue weighted by molar-refractivity contribution is 9.10. The normalized spacial score (nSPS) is 15.9. The summed E-state index contributed by atoms with van der Waals surface area (Å²) in [6.45, 7) is 6.05. The van der Waals surface area contributed by atoms with E-state index in [-0.39, 0.29) is 0 Å². The Hall–Kier alpha value is -1.14. The topological polar surface area (TPSA) is 32.3 Å². The van der Waals surface area contributed by atoms with Crippen molar-refractivity contribution < 1.29 is 0 Å². The number of aryl methyl sites for hydroxylation is 1. The number of halogens is 1. The molecule has 3 rings (SSSR count). The molecule has 100 valence electrons. The molecular weight excluding hydrogens is 324 g/mol. The average Bonchev–Trinajstić information content (AvgIpc) is 2.96. The van der Waals surface area contributed by atoms with E-state index in [1.54, 1.807) is 11.3 Å². The standard InChI is InChI=1S/C13H15BrN4S/c1-10-2-3-15-12(11(10)14)17-5-7-18(8-6-17)13-16-4-9-19-13/h2-4,9H,5-8H2,1H3. The van der Waals surface area contributed by atoms with Gasteiger partial charge >= 0.3 is 0 Å². The summed E-state index contributed by atoms with van der Waals surface area (Å²) in [7, 11) is 0. The lowest BCUT2D eigenvalue weighted by Crippen LogP contribution is -2.47. The van der Waals surface area contributed by atoms with E-state index in [1.807, 2.05) is 23.8 Å². The third kappa shape index (κ3) is 2.60. The fraction of sp³-hybridized carbons (Fsp3) is 0.385. The molecule has 1 aliphatic rings. The van der Waals surface area contributed by atoms with Gasteiger partial charge in [-0.3, -0.25) is 0 Å². The van der Waals surface area contributed by atoms with Crippen LogP contribution in [0, 0.1) is 6.92 Å². The van der Waals surface area contributed by atoms with Crippen LogP contribution in [0.4, 0.5) is 10.9 Å². The Bertz CT molecular complexity index is 550. The number of pyridine rings is 1. The van der Waals surface area contributed by atoms with Crippen molar-refractivity contribution in [2.75, 3.05) is 36.0 Å². The highest BCUT2D eigenvalue weighted by Gasteiger charge is 2.21. The highest BCUT2D eigenvalue weighted by Crippen LogP contribution is 2.28. The first kappa shape index (κ1) is 12.9. The summed E-state index contributed by atoms with van der Waals surface area (Å²) in [4.78, 5) is 13.5. The minimum atomic E-state index is 0.981. The van der Waals surface area contributed by atoms with Gasteiger partial charge in [0, 0.05) is 44.0 Å². The molecule has 1 saturated heterocycles. The number of anilines is 2. The molecule has 1 aliphatic heterocycles. The van der Waals surface area contributed by atoms with Crippen molar-refractivity contribution in [3.05, 3.63) is 33.9 Å². The quantitative estimate of drug-likeness (QED) is 0.842. The molecule has 19 heavy (non-hydrogen) atoms. The Kier molecular flexibility index (Phi) is 3.70. The highest BCUT2D eigenvalue weighted by atomic mass is 79.9. The Morgan fingerprint density at radius 1 is 1.11 bits per heavy atom. The summed E-state index contributed by atoms with van der Waals surface area (Å²) < 4.78 is 1.11. The minimum absolute atomic E-state index is 0.981. The van der Waals surface area contributed by atoms with Crippen LogP contribution in [0.25, 0.3) is 0 Å². The molecule has 3 heterocycles. The summed E-state index contributed by atoms with van der Waals surface area (Å²) in [6, 6.07) is 2.03. The van der Waals surface area contributed by atoms with Crippen LogP contribution in [0.2, 0.25) is 0 Å². The molecule has 6 heteroatoms. The minimum Gasteiger partial charge on any atom is -0.352 e. The Labute approximate surface area is 125 Å². The third-order valence-electron chi connectivity index (χ3n) is 3.33. The van der Waals surface area contributed by atoms with Crippen LogP contribution in [0.3, 0.4) is 0 Å². The van der Waals surface area contributed by atoms with Crippen molar-refractivity contribution in [2.45, 2.75) is 6.92 Å². The van der Waals surface area contributed by atoms with Crippen molar-refractivity contribution in [2.24, 2.45) is 0 Å². The Balaban J connectivity index is 1.72. The maximum atomic E-state index is 4.50. The first-order valence-electron chi connectivity index (χ1n) is 6.26. The molecule has 0 aromatic carbocycles. The van der Waals surface area contributed by atoms with Crippen molar-refractivity contribution in [1.29, 1.82) is 0 Å². The van der Waals surface area contributed by atoms with E-state index in [9.17, 15) is 0 Å². The van der Waals surface area contributed by atoms with Crippen molar-refractivity contribution >= 4 is 38.2 Å². The van der Waals surface area contributed by atoms with Gasteiger partial charge in [-0.25, -0.2) is 9.97 Å². The number of aromatic nitrogens is 2. The van der Waals surface area contributed by atoms with E-state index in [2.05, 4.69) is 42.6 Å². The number of thiazole rings is 1. The smallest absolute Gasteiger partial charge is 0.185 e. The summed E-state index contributed by atoms with van der Waals surface area (Å²) >= 11 is 5.34. The predicted molar refractivity (Wildman–Crippen MR) is 83.2 cm³/mol. The second kappa shape index (κ2) is 5.46. The molecule has 0 unspecified atom stereocenters. The molecular formula is C13H15BrN4S. The molecule has 2 aromatic rings. The van der Waals surface area contributed by atoms with Gasteiger partial charge in [0.15, 0.2) is 5.13 Å². The molecule has 0 spiro atoms. The predicted octanol–water partition coefficient (Wildman–Crippen LogP) is 2.94. The first-order valence-corrected chi connectivity index (χ1v) is 7.93. The maximum absolute atomic E-state index is 4.50. The van der Waals surface area contributed by atoms with Gasteiger partial charge in [0.05, 0.1) is 4.47 Å². The van der Waals surface area contributed by atoms with Crippen LogP contribution in [-0.4, -0.2) is 36.1 Å². The summed E-state index contributed by atoms with van der Waals surface area (Å²) in [5.41, 5.74) is 1.23. The number of hydrogen-bond acceptors (Lipinski definition) is 5. The Morgan fingerprint density at radius 3 is 2.53 bits per heavy atom. The molecule has 0 radical (unpaired) electrons. The number of hydrogen-bond donors (Lipinski definition) is 0. The van der Waals surface area contributed by atoms with E-state index in [4.69, 9.17) is 0 Å². The summed E-state index contributed by atoms with van der Waals surface area (Å²) in [5.74, 6) is 1.05. The number of rotatable bonds is 2. The molecule has 0 aliphatic carbocycles. The Morgan fingerprint density at radius 2 is 1.84 bits per heavy atom. The van der Waals surface area contributed by atoms with Gasteiger partial charge in [0.1, 0.15) is 5.82 Å². The van der Waals surface area contributed by atoms with Crippen LogP contribution in [0.5, 0.6) is 0 Å². The molecule has 0 saturated carbocycles. The molecule has 0 N–H and O–H groups in total. The van der Waals surface area contributed by atoms with Crippen molar-refractivity contribution in [3.63, 3.8) is 0 Å². The zero-order valence-corrected chi connectivity index (χ0v) is 13.1. The maximum Gasteiger partial charge on any atom is 0.185 e. The first-order chi connectivity index (χ1) is 9.25. The zero-order valence-electron chi connectivity index (χ0n) is 10.7. The van der Waals surface area contributed by atoms with Crippen molar-refractivity contribution in [3.8, 4) is 0 Å². The molecule has 2 aromatic heterocycles. The van der Waals surface area contributed by atoms with E-state index in [0.717, 1.165) is 41.6 Å². The van der Waals surface area contributed by atoms with E-state index >= 15 is 0 Å². The number of piperazine rings is 1. The van der Waals surface area contributed by atoms with Crippen LogP contribution in [-0.2, 0) is 0 Å². The average molecular weight is 339 g/mol. The van der Waals surface area contributed by atoms with E-state index in [1.165, 1.54) is 5.56 Å². The van der Waals surface area contributed by atoms with Gasteiger partial charge in [-0.05, 0) is 34.5 Å². The van der Waals surface area contributed by atoms with Crippen LogP contribution < -0.4 is 9.80 Å². The second-order valence-corrected chi connectivity index (χ2v) is 6.22. The van der Waals surface area contributed by atoms with Gasteiger partial charge < -0.3 is 9.80 Å². The van der Waals surface area contributed by atoms with E-state index in [0.29, 0.717) is 0 Å². The molecule has 0 amide bonds. The lowest BCUT2D eigenvalue weighted by atomic mass is 10.2. The fourth-order valence-corrected chi connectivity index (χ4v) is 3.41. The van der Waals surface area contributed by atoms with Crippen LogP contribution in [0.15, 0.2) is 28.3 Å². The van der Waals surface area contributed by atoms with Gasteiger partial charge in [0.2, 0.25) is 0 Å². The van der Waals surface area contributed by atoms with Gasteiger partial charge in [-0.15, -0.1) is 11.3 Å². The second-order valence-electron chi connectivity index (χ2n) is 4.55. The lowest BCUT2D eigenvalue weighted by Gasteiger charge is -2.35. The van der Waals surface area contributed by atoms with Gasteiger partial charge in [0.25, 0.3) is 0 Å². The molecule has 0 atom stereocenters. The van der Waals surface area contributed by atoms with Gasteiger partial charge in [-0.2, -0.15) is 0 Å². The SMILES string of the molecule is Cc1ccnc(N2CCN(c3nccs3)CC2)c1Br. The zero-order chi connectivity index (χ0) is 13.2. The summed E-state index contributed by atoms with van der Waals surface area (Å²) in [5, 5.41) is 3.15. The number of nitrogens with zero attached hydrogens (tertiary/aromatic N) is 4. The largest absolute Gasteiger partial charge is 0.352 e.